The van der Waals surface area contributed by atoms with Crippen LogP contribution >= 0.6 is 11.6 Å². The predicted octanol–water partition coefficient (Wildman–Crippen LogP) is 3.42. The first-order valence-electron chi connectivity index (χ1n) is 7.18. The average molecular weight is 335 g/mol. The predicted molar refractivity (Wildman–Crippen MR) is 92.4 cm³/mol. The average Bonchev–Trinajstić information content (AvgIpc) is 2.56. The van der Waals surface area contributed by atoms with Crippen molar-refractivity contribution in [1.29, 1.82) is 0 Å². The standard InChI is InChI=1S/C17H19ClN2O3/c1-22-9-10-23-16-4-2-3-15(11-16)19-12-17(21)20-14-7-5-13(18)6-8-14/h2-8,11,19H,9-10,12H2,1H3,(H,20,21). The van der Waals surface area contributed by atoms with Crippen molar-refractivity contribution < 1.29 is 14.3 Å². The maximum absolute atomic E-state index is 11.9. The molecule has 0 spiro atoms. The maximum Gasteiger partial charge on any atom is 0.243 e. The largest absolute Gasteiger partial charge is 0.491 e. The van der Waals surface area contributed by atoms with Gasteiger partial charge in [0.1, 0.15) is 12.4 Å². The number of halogens is 1. The van der Waals surface area contributed by atoms with Gasteiger partial charge in [-0.1, -0.05) is 17.7 Å². The summed E-state index contributed by atoms with van der Waals surface area (Å²) in [5.74, 6) is 0.586. The van der Waals surface area contributed by atoms with Crippen LogP contribution in [0.3, 0.4) is 0 Å². The third kappa shape index (κ3) is 6.18. The van der Waals surface area contributed by atoms with Crippen LogP contribution < -0.4 is 15.4 Å². The number of rotatable bonds is 8. The second kappa shape index (κ2) is 9.02. The van der Waals surface area contributed by atoms with E-state index in [0.29, 0.717) is 23.9 Å². The third-order valence-corrected chi connectivity index (χ3v) is 3.22. The fourth-order valence-corrected chi connectivity index (χ4v) is 1.99. The summed E-state index contributed by atoms with van der Waals surface area (Å²) in [7, 11) is 1.63. The zero-order chi connectivity index (χ0) is 16.5. The molecule has 2 aromatic carbocycles. The molecule has 0 saturated heterocycles. The van der Waals surface area contributed by atoms with E-state index in [4.69, 9.17) is 21.1 Å². The summed E-state index contributed by atoms with van der Waals surface area (Å²) < 4.78 is 10.5. The lowest BCUT2D eigenvalue weighted by atomic mass is 10.3. The number of ether oxygens (including phenoxy) is 2. The molecule has 2 rings (SSSR count). The van der Waals surface area contributed by atoms with Crippen molar-refractivity contribution in [2.45, 2.75) is 0 Å². The topological polar surface area (TPSA) is 59.6 Å². The summed E-state index contributed by atoms with van der Waals surface area (Å²) in [6.45, 7) is 1.17. The quantitative estimate of drug-likeness (QED) is 0.726. The Bertz CT molecular complexity index is 632. The van der Waals surface area contributed by atoms with Crippen LogP contribution in [0.15, 0.2) is 48.5 Å². The van der Waals surface area contributed by atoms with Crippen LogP contribution in [0.4, 0.5) is 11.4 Å². The number of carbonyl (C=O) groups excluding carboxylic acids is 1. The molecular weight excluding hydrogens is 316 g/mol. The maximum atomic E-state index is 11.9. The zero-order valence-corrected chi connectivity index (χ0v) is 13.6. The Morgan fingerprint density at radius 3 is 2.61 bits per heavy atom. The molecule has 0 radical (unpaired) electrons. The van der Waals surface area contributed by atoms with Crippen LogP contribution in [-0.2, 0) is 9.53 Å². The van der Waals surface area contributed by atoms with E-state index in [1.807, 2.05) is 24.3 Å². The van der Waals surface area contributed by atoms with Gasteiger partial charge in [0.15, 0.2) is 0 Å². The fourth-order valence-electron chi connectivity index (χ4n) is 1.86. The van der Waals surface area contributed by atoms with Gasteiger partial charge >= 0.3 is 0 Å². The van der Waals surface area contributed by atoms with Gasteiger partial charge in [0.05, 0.1) is 13.2 Å². The van der Waals surface area contributed by atoms with E-state index >= 15 is 0 Å². The Morgan fingerprint density at radius 1 is 1.09 bits per heavy atom. The Morgan fingerprint density at radius 2 is 1.87 bits per heavy atom. The molecule has 23 heavy (non-hydrogen) atoms. The van der Waals surface area contributed by atoms with Crippen molar-refractivity contribution in [1.82, 2.24) is 0 Å². The van der Waals surface area contributed by atoms with Gasteiger partial charge in [0, 0.05) is 29.6 Å². The van der Waals surface area contributed by atoms with E-state index in [-0.39, 0.29) is 12.5 Å². The summed E-state index contributed by atoms with van der Waals surface area (Å²) in [6.07, 6.45) is 0. The fraction of sp³-hybridized carbons (Fsp3) is 0.235. The Labute approximate surface area is 140 Å². The first kappa shape index (κ1) is 17.1. The van der Waals surface area contributed by atoms with Crippen molar-refractivity contribution in [2.24, 2.45) is 0 Å². The molecule has 0 bridgehead atoms. The van der Waals surface area contributed by atoms with E-state index < -0.39 is 0 Å². The summed E-state index contributed by atoms with van der Waals surface area (Å²) in [6, 6.07) is 14.4. The summed E-state index contributed by atoms with van der Waals surface area (Å²) in [4.78, 5) is 11.9. The number of amides is 1. The monoisotopic (exact) mass is 334 g/mol. The van der Waals surface area contributed by atoms with Crippen LogP contribution in [0, 0.1) is 0 Å². The van der Waals surface area contributed by atoms with Crippen molar-refractivity contribution in [3.63, 3.8) is 0 Å². The lowest BCUT2D eigenvalue weighted by Crippen LogP contribution is -2.21. The number of carbonyl (C=O) groups is 1. The molecule has 2 N–H and O–H groups in total. The highest BCUT2D eigenvalue weighted by Gasteiger charge is 2.03. The minimum absolute atomic E-state index is 0.141. The zero-order valence-electron chi connectivity index (χ0n) is 12.8. The highest BCUT2D eigenvalue weighted by Crippen LogP contribution is 2.17. The van der Waals surface area contributed by atoms with E-state index in [9.17, 15) is 4.79 Å². The van der Waals surface area contributed by atoms with E-state index in [1.54, 1.807) is 31.4 Å². The van der Waals surface area contributed by atoms with Gasteiger partial charge in [-0.3, -0.25) is 4.79 Å². The Balaban J connectivity index is 1.81. The molecule has 0 saturated carbocycles. The van der Waals surface area contributed by atoms with Gasteiger partial charge < -0.3 is 20.1 Å². The number of benzene rings is 2. The molecule has 0 aliphatic heterocycles. The smallest absolute Gasteiger partial charge is 0.243 e. The number of methoxy groups -OCH3 is 1. The van der Waals surface area contributed by atoms with Crippen molar-refractivity contribution in [3.05, 3.63) is 53.6 Å². The second-order valence-corrected chi connectivity index (χ2v) is 5.21. The minimum atomic E-state index is -0.141. The van der Waals surface area contributed by atoms with Crippen molar-refractivity contribution in [2.75, 3.05) is 37.5 Å². The molecule has 0 fully saturated rings. The van der Waals surface area contributed by atoms with Gasteiger partial charge in [-0.2, -0.15) is 0 Å². The molecule has 5 nitrogen and oxygen atoms in total. The lowest BCUT2D eigenvalue weighted by molar-refractivity contribution is -0.114. The second-order valence-electron chi connectivity index (χ2n) is 4.78. The van der Waals surface area contributed by atoms with Gasteiger partial charge in [-0.05, 0) is 36.4 Å². The molecule has 1 amide bonds. The number of anilines is 2. The molecule has 0 aliphatic carbocycles. The highest BCUT2D eigenvalue weighted by atomic mass is 35.5. The highest BCUT2D eigenvalue weighted by molar-refractivity contribution is 6.30. The number of hydrogen-bond donors (Lipinski definition) is 2. The van der Waals surface area contributed by atoms with Crippen LogP contribution in [0.1, 0.15) is 0 Å². The molecule has 0 atom stereocenters. The SMILES string of the molecule is COCCOc1cccc(NCC(=O)Nc2ccc(Cl)cc2)c1. The normalized spacial score (nSPS) is 10.2. The lowest BCUT2D eigenvalue weighted by Gasteiger charge is -2.10. The molecular formula is C17H19ClN2O3. The van der Waals surface area contributed by atoms with Gasteiger partial charge in [0.25, 0.3) is 0 Å². The van der Waals surface area contributed by atoms with Crippen molar-refractivity contribution in [3.8, 4) is 5.75 Å². The van der Waals surface area contributed by atoms with E-state index in [0.717, 1.165) is 11.4 Å². The molecule has 0 aromatic heterocycles. The molecule has 0 aliphatic rings. The summed E-state index contributed by atoms with van der Waals surface area (Å²) in [5, 5.41) is 6.48. The third-order valence-electron chi connectivity index (χ3n) is 2.97. The molecule has 6 heteroatoms. The van der Waals surface area contributed by atoms with E-state index in [1.165, 1.54) is 0 Å². The Kier molecular flexibility index (Phi) is 6.72. The Hall–Kier alpha value is -2.24. The van der Waals surface area contributed by atoms with Crippen LogP contribution in [0.5, 0.6) is 5.75 Å². The summed E-state index contributed by atoms with van der Waals surface area (Å²) in [5.41, 5.74) is 1.52. The van der Waals surface area contributed by atoms with Gasteiger partial charge in [0.2, 0.25) is 5.91 Å². The first-order valence-corrected chi connectivity index (χ1v) is 7.56. The number of hydrogen-bond acceptors (Lipinski definition) is 4. The van der Waals surface area contributed by atoms with Gasteiger partial charge in [-0.15, -0.1) is 0 Å². The van der Waals surface area contributed by atoms with Crippen LogP contribution in [0.2, 0.25) is 5.02 Å². The minimum Gasteiger partial charge on any atom is -0.491 e. The molecule has 0 unspecified atom stereocenters. The van der Waals surface area contributed by atoms with Crippen LogP contribution in [0.25, 0.3) is 0 Å². The molecule has 122 valence electrons. The summed E-state index contributed by atoms with van der Waals surface area (Å²) >= 11 is 5.80. The van der Waals surface area contributed by atoms with Gasteiger partial charge in [-0.25, -0.2) is 0 Å². The van der Waals surface area contributed by atoms with E-state index in [2.05, 4.69) is 10.6 Å². The molecule has 2 aromatic rings. The first-order chi connectivity index (χ1) is 11.2. The van der Waals surface area contributed by atoms with Crippen LogP contribution in [-0.4, -0.2) is 32.8 Å². The molecule has 0 heterocycles. The number of nitrogens with one attached hydrogen (secondary N) is 2. The van der Waals surface area contributed by atoms with Crippen molar-refractivity contribution >= 4 is 28.9 Å².